The lowest BCUT2D eigenvalue weighted by molar-refractivity contribution is 0.194. The van der Waals surface area contributed by atoms with Gasteiger partial charge in [-0.25, -0.2) is 0 Å². The van der Waals surface area contributed by atoms with Crippen LogP contribution in [0.15, 0.2) is 24.5 Å². The summed E-state index contributed by atoms with van der Waals surface area (Å²) in [4.78, 5) is 3.91. The molecule has 1 rings (SSSR count). The van der Waals surface area contributed by atoms with E-state index in [0.29, 0.717) is 6.61 Å². The molecule has 0 aliphatic carbocycles. The molecule has 0 radical (unpaired) electrons. The van der Waals surface area contributed by atoms with Crippen molar-refractivity contribution in [1.29, 1.82) is 5.26 Å². The third-order valence-corrected chi connectivity index (χ3v) is 2.04. The molecule has 1 aromatic heterocycles. The summed E-state index contributed by atoms with van der Waals surface area (Å²) in [5.74, 6) is 0. The zero-order valence-electron chi connectivity index (χ0n) is 8.81. The van der Waals surface area contributed by atoms with E-state index in [-0.39, 0.29) is 6.04 Å². The molecule has 0 bridgehead atoms. The van der Waals surface area contributed by atoms with E-state index < -0.39 is 0 Å². The fraction of sp³-hybridized carbons (Fsp3) is 0.455. The van der Waals surface area contributed by atoms with Gasteiger partial charge in [0.1, 0.15) is 6.04 Å². The van der Waals surface area contributed by atoms with E-state index in [9.17, 15) is 0 Å². The summed E-state index contributed by atoms with van der Waals surface area (Å²) >= 11 is 0. The molecule has 0 saturated heterocycles. The first kappa shape index (κ1) is 11.6. The summed E-state index contributed by atoms with van der Waals surface area (Å²) in [6.45, 7) is 1.48. The Kier molecular flexibility index (Phi) is 5.38. The Balaban J connectivity index is 2.41. The molecule has 0 fully saturated rings. The molecule has 80 valence electrons. The molecule has 0 amide bonds. The van der Waals surface area contributed by atoms with Crippen LogP contribution >= 0.6 is 0 Å². The Morgan fingerprint density at radius 2 is 2.27 bits per heavy atom. The van der Waals surface area contributed by atoms with Crippen LogP contribution < -0.4 is 5.32 Å². The Morgan fingerprint density at radius 3 is 2.87 bits per heavy atom. The van der Waals surface area contributed by atoms with Gasteiger partial charge in [-0.1, -0.05) is 0 Å². The number of rotatable bonds is 6. The molecule has 0 aliphatic rings. The number of hydrogen-bond acceptors (Lipinski definition) is 4. The third-order valence-electron chi connectivity index (χ3n) is 2.04. The largest absolute Gasteiger partial charge is 0.385 e. The molecule has 4 nitrogen and oxygen atoms in total. The second kappa shape index (κ2) is 6.93. The number of aromatic nitrogens is 1. The molecule has 0 spiro atoms. The predicted octanol–water partition coefficient (Wildman–Crippen LogP) is 1.27. The lowest BCUT2D eigenvalue weighted by Crippen LogP contribution is -2.22. The SMILES string of the molecule is COCCCNC(C#N)c1ccncc1. The van der Waals surface area contributed by atoms with E-state index >= 15 is 0 Å². The first-order chi connectivity index (χ1) is 7.38. The standard InChI is InChI=1S/C11H15N3O/c1-15-8-2-5-14-11(9-12)10-3-6-13-7-4-10/h3-4,6-7,11,14H,2,5,8H2,1H3. The van der Waals surface area contributed by atoms with E-state index in [4.69, 9.17) is 10.00 Å². The second-order valence-electron chi connectivity index (χ2n) is 3.14. The highest BCUT2D eigenvalue weighted by Gasteiger charge is 2.07. The first-order valence-electron chi connectivity index (χ1n) is 4.90. The molecule has 0 aromatic carbocycles. The van der Waals surface area contributed by atoms with Crippen LogP contribution in [0.25, 0.3) is 0 Å². The molecule has 15 heavy (non-hydrogen) atoms. The summed E-state index contributed by atoms with van der Waals surface area (Å²) in [7, 11) is 1.67. The summed E-state index contributed by atoms with van der Waals surface area (Å²) in [5.41, 5.74) is 0.949. The van der Waals surface area contributed by atoms with Crippen molar-refractivity contribution in [3.63, 3.8) is 0 Å². The van der Waals surface area contributed by atoms with Gasteiger partial charge in [-0.05, 0) is 30.7 Å². The maximum Gasteiger partial charge on any atom is 0.121 e. The van der Waals surface area contributed by atoms with E-state index in [1.165, 1.54) is 0 Å². The average Bonchev–Trinajstić information content (AvgIpc) is 2.30. The minimum atomic E-state index is -0.259. The number of methoxy groups -OCH3 is 1. The Hall–Kier alpha value is -1.44. The summed E-state index contributed by atoms with van der Waals surface area (Å²) in [6.07, 6.45) is 4.28. The van der Waals surface area contributed by atoms with Crippen molar-refractivity contribution in [3.05, 3.63) is 30.1 Å². The van der Waals surface area contributed by atoms with E-state index in [1.54, 1.807) is 19.5 Å². The smallest absolute Gasteiger partial charge is 0.121 e. The van der Waals surface area contributed by atoms with Gasteiger partial charge < -0.3 is 4.74 Å². The lowest BCUT2D eigenvalue weighted by atomic mass is 10.1. The van der Waals surface area contributed by atoms with Crippen LogP contribution in [0.2, 0.25) is 0 Å². The summed E-state index contributed by atoms with van der Waals surface area (Å²) in [5, 5.41) is 12.1. The number of nitrogens with zero attached hydrogens (tertiary/aromatic N) is 2. The van der Waals surface area contributed by atoms with Crippen LogP contribution in [0.5, 0.6) is 0 Å². The quantitative estimate of drug-likeness (QED) is 0.710. The number of pyridine rings is 1. The topological polar surface area (TPSA) is 57.9 Å². The van der Waals surface area contributed by atoms with Gasteiger partial charge in [0, 0.05) is 26.1 Å². The maximum absolute atomic E-state index is 8.97. The van der Waals surface area contributed by atoms with Gasteiger partial charge in [0.25, 0.3) is 0 Å². The normalized spacial score (nSPS) is 12.0. The van der Waals surface area contributed by atoms with E-state index in [2.05, 4.69) is 16.4 Å². The Bertz CT molecular complexity index is 307. The highest BCUT2D eigenvalue weighted by atomic mass is 16.5. The number of ether oxygens (including phenoxy) is 1. The maximum atomic E-state index is 8.97. The van der Waals surface area contributed by atoms with Crippen molar-refractivity contribution in [3.8, 4) is 6.07 Å². The zero-order chi connectivity index (χ0) is 10.9. The van der Waals surface area contributed by atoms with Gasteiger partial charge >= 0.3 is 0 Å². The van der Waals surface area contributed by atoms with Crippen LogP contribution in [-0.2, 0) is 4.74 Å². The first-order valence-corrected chi connectivity index (χ1v) is 4.90. The molecule has 0 saturated carbocycles. The highest BCUT2D eigenvalue weighted by molar-refractivity contribution is 5.20. The Labute approximate surface area is 89.9 Å². The minimum absolute atomic E-state index is 0.259. The number of nitrogens with one attached hydrogen (secondary N) is 1. The van der Waals surface area contributed by atoms with Gasteiger partial charge in [0.15, 0.2) is 0 Å². The fourth-order valence-corrected chi connectivity index (χ4v) is 1.26. The number of nitriles is 1. The predicted molar refractivity (Wildman–Crippen MR) is 57.1 cm³/mol. The summed E-state index contributed by atoms with van der Waals surface area (Å²) in [6, 6.07) is 5.65. The van der Waals surface area contributed by atoms with Crippen LogP contribution in [0, 0.1) is 11.3 Å². The van der Waals surface area contributed by atoms with Gasteiger partial charge in [-0.15, -0.1) is 0 Å². The van der Waals surface area contributed by atoms with Crippen LogP contribution in [0.4, 0.5) is 0 Å². The van der Waals surface area contributed by atoms with Gasteiger partial charge in [-0.2, -0.15) is 5.26 Å². The number of hydrogen-bond donors (Lipinski definition) is 1. The molecule has 4 heteroatoms. The third kappa shape index (κ3) is 4.07. The van der Waals surface area contributed by atoms with Crippen LogP contribution in [0.1, 0.15) is 18.0 Å². The summed E-state index contributed by atoms with van der Waals surface area (Å²) < 4.78 is 4.93. The molecular formula is C11H15N3O. The molecule has 1 atom stereocenters. The van der Waals surface area contributed by atoms with Crippen molar-refractivity contribution in [2.24, 2.45) is 0 Å². The van der Waals surface area contributed by atoms with Crippen molar-refractivity contribution < 1.29 is 4.74 Å². The van der Waals surface area contributed by atoms with E-state index in [0.717, 1.165) is 18.5 Å². The molecule has 1 aromatic rings. The monoisotopic (exact) mass is 205 g/mol. The molecule has 1 N–H and O–H groups in total. The highest BCUT2D eigenvalue weighted by Crippen LogP contribution is 2.09. The Morgan fingerprint density at radius 1 is 1.53 bits per heavy atom. The van der Waals surface area contributed by atoms with Crippen LogP contribution in [-0.4, -0.2) is 25.2 Å². The molecule has 1 unspecified atom stereocenters. The van der Waals surface area contributed by atoms with E-state index in [1.807, 2.05) is 12.1 Å². The van der Waals surface area contributed by atoms with Crippen molar-refractivity contribution in [2.75, 3.05) is 20.3 Å². The van der Waals surface area contributed by atoms with Gasteiger partial charge in [-0.3, -0.25) is 10.3 Å². The lowest BCUT2D eigenvalue weighted by Gasteiger charge is -2.10. The minimum Gasteiger partial charge on any atom is -0.385 e. The second-order valence-corrected chi connectivity index (χ2v) is 3.14. The average molecular weight is 205 g/mol. The van der Waals surface area contributed by atoms with Crippen LogP contribution in [0.3, 0.4) is 0 Å². The molecule has 0 aliphatic heterocycles. The molecule has 1 heterocycles. The van der Waals surface area contributed by atoms with Crippen molar-refractivity contribution >= 4 is 0 Å². The zero-order valence-corrected chi connectivity index (χ0v) is 8.81. The van der Waals surface area contributed by atoms with Gasteiger partial charge in [0.2, 0.25) is 0 Å². The fourth-order valence-electron chi connectivity index (χ4n) is 1.26. The van der Waals surface area contributed by atoms with Crippen molar-refractivity contribution in [1.82, 2.24) is 10.3 Å². The van der Waals surface area contributed by atoms with Crippen molar-refractivity contribution in [2.45, 2.75) is 12.5 Å². The van der Waals surface area contributed by atoms with Gasteiger partial charge in [0.05, 0.1) is 6.07 Å². The molecular weight excluding hydrogens is 190 g/mol.